The summed E-state index contributed by atoms with van der Waals surface area (Å²) in [5, 5.41) is 4.48. The lowest BCUT2D eigenvalue weighted by atomic mass is 10.1. The monoisotopic (exact) mass is 399 g/mol. The highest BCUT2D eigenvalue weighted by Gasteiger charge is 2.22. The van der Waals surface area contributed by atoms with Crippen molar-refractivity contribution >= 4 is 26.4 Å². The van der Waals surface area contributed by atoms with E-state index in [1.54, 1.807) is 37.4 Å². The van der Waals surface area contributed by atoms with Gasteiger partial charge < -0.3 is 19.9 Å². The third-order valence-electron chi connectivity index (χ3n) is 5.33. The minimum atomic E-state index is -3.64. The van der Waals surface area contributed by atoms with Gasteiger partial charge in [0.15, 0.2) is 0 Å². The lowest BCUT2D eigenvalue weighted by molar-refractivity contribution is 0.264. The van der Waals surface area contributed by atoms with Crippen LogP contribution in [0.5, 0.6) is 5.75 Å². The Bertz CT molecular complexity index is 1080. The first kappa shape index (κ1) is 18.8. The van der Waals surface area contributed by atoms with Crippen molar-refractivity contribution in [1.29, 1.82) is 0 Å². The van der Waals surface area contributed by atoms with E-state index in [4.69, 9.17) is 4.74 Å². The molecule has 3 aromatic rings. The van der Waals surface area contributed by atoms with Crippen LogP contribution in [-0.4, -0.2) is 51.6 Å². The number of sulfone groups is 1. The number of fused-ring (bicyclic) bond motifs is 1. The van der Waals surface area contributed by atoms with E-state index in [1.165, 1.54) is 0 Å². The van der Waals surface area contributed by atoms with Crippen LogP contribution in [0.1, 0.15) is 12.8 Å². The van der Waals surface area contributed by atoms with Crippen LogP contribution in [0, 0.1) is 0 Å². The number of hydrogen-bond donors (Lipinski definition) is 2. The summed E-state index contributed by atoms with van der Waals surface area (Å²) < 4.78 is 31.5. The zero-order chi connectivity index (χ0) is 19.7. The van der Waals surface area contributed by atoms with E-state index < -0.39 is 9.84 Å². The summed E-state index contributed by atoms with van der Waals surface area (Å²) in [4.78, 5) is 5.61. The van der Waals surface area contributed by atoms with E-state index in [0.717, 1.165) is 42.5 Å². The summed E-state index contributed by atoms with van der Waals surface area (Å²) in [7, 11) is 0.0788. The second-order valence-corrected chi connectivity index (χ2v) is 9.26. The maximum absolute atomic E-state index is 13.1. The van der Waals surface area contributed by atoms with E-state index in [-0.39, 0.29) is 9.92 Å². The van der Waals surface area contributed by atoms with Crippen LogP contribution in [0.25, 0.3) is 10.9 Å². The normalized spacial score (nSPS) is 16.4. The number of benzene rings is 2. The molecular formula is C21H25N3O3S. The summed E-state index contributed by atoms with van der Waals surface area (Å²) in [6.07, 6.45) is 2.11. The Morgan fingerprint density at radius 2 is 1.89 bits per heavy atom. The van der Waals surface area contributed by atoms with Gasteiger partial charge in [-0.25, -0.2) is 8.42 Å². The van der Waals surface area contributed by atoms with Crippen molar-refractivity contribution in [2.75, 3.05) is 32.6 Å². The first-order valence-corrected chi connectivity index (χ1v) is 10.9. The molecule has 0 unspecified atom stereocenters. The second-order valence-electron chi connectivity index (χ2n) is 7.34. The summed E-state index contributed by atoms with van der Waals surface area (Å²) in [5.41, 5.74) is 1.60. The van der Waals surface area contributed by atoms with E-state index in [9.17, 15) is 8.42 Å². The third-order valence-corrected chi connectivity index (χ3v) is 7.00. The number of hydrogen-bond acceptors (Lipinski definition) is 5. The van der Waals surface area contributed by atoms with Gasteiger partial charge in [-0.3, -0.25) is 0 Å². The number of nitrogens with one attached hydrogen (secondary N) is 2. The van der Waals surface area contributed by atoms with Crippen molar-refractivity contribution in [3.8, 4) is 5.75 Å². The first-order valence-electron chi connectivity index (χ1n) is 9.43. The van der Waals surface area contributed by atoms with Crippen molar-refractivity contribution in [1.82, 2.24) is 9.88 Å². The number of anilines is 1. The highest BCUT2D eigenvalue weighted by Crippen LogP contribution is 2.28. The largest absolute Gasteiger partial charge is 0.497 e. The van der Waals surface area contributed by atoms with Crippen LogP contribution in [-0.2, 0) is 9.84 Å². The summed E-state index contributed by atoms with van der Waals surface area (Å²) in [6, 6.07) is 14.6. The predicted octanol–water partition coefficient (Wildman–Crippen LogP) is 3.52. The Hall–Kier alpha value is -2.51. The fourth-order valence-electron chi connectivity index (χ4n) is 3.62. The minimum absolute atomic E-state index is 0.187. The number of rotatable bonds is 5. The molecule has 0 aliphatic carbocycles. The number of ether oxygens (including phenoxy) is 1. The van der Waals surface area contributed by atoms with Gasteiger partial charge >= 0.3 is 0 Å². The van der Waals surface area contributed by atoms with Crippen LogP contribution in [0.4, 0.5) is 5.69 Å². The van der Waals surface area contributed by atoms with E-state index in [1.807, 2.05) is 18.2 Å². The molecule has 0 atom stereocenters. The average molecular weight is 400 g/mol. The molecular weight excluding hydrogens is 374 g/mol. The van der Waals surface area contributed by atoms with Gasteiger partial charge in [0, 0.05) is 22.6 Å². The molecule has 7 heteroatoms. The quantitative estimate of drug-likeness (QED) is 0.687. The maximum atomic E-state index is 13.1. The average Bonchev–Trinajstić information content (AvgIpc) is 3.14. The van der Waals surface area contributed by atoms with Crippen LogP contribution >= 0.6 is 0 Å². The fraction of sp³-hybridized carbons (Fsp3) is 0.333. The Labute approximate surface area is 165 Å². The number of H-pyrrole nitrogens is 1. The van der Waals surface area contributed by atoms with Gasteiger partial charge in [-0.05, 0) is 75.4 Å². The highest BCUT2D eigenvalue weighted by atomic mass is 32.2. The van der Waals surface area contributed by atoms with Gasteiger partial charge in [-0.15, -0.1) is 0 Å². The van der Waals surface area contributed by atoms with Crippen molar-refractivity contribution in [3.05, 3.63) is 48.5 Å². The molecule has 1 fully saturated rings. The van der Waals surface area contributed by atoms with Crippen molar-refractivity contribution < 1.29 is 13.2 Å². The van der Waals surface area contributed by atoms with Crippen LogP contribution in [0.2, 0.25) is 0 Å². The Morgan fingerprint density at radius 3 is 2.64 bits per heavy atom. The number of aromatic amines is 1. The molecule has 0 amide bonds. The van der Waals surface area contributed by atoms with Gasteiger partial charge in [0.2, 0.25) is 9.84 Å². The second kappa shape index (κ2) is 7.48. The molecule has 4 rings (SSSR count). The lowest BCUT2D eigenvalue weighted by Crippen LogP contribution is -2.36. The summed E-state index contributed by atoms with van der Waals surface area (Å²) in [5.74, 6) is 0.694. The van der Waals surface area contributed by atoms with E-state index in [0.29, 0.717) is 11.8 Å². The smallest absolute Gasteiger partial charge is 0.221 e. The minimum Gasteiger partial charge on any atom is -0.497 e. The molecule has 1 aliphatic heterocycles. The zero-order valence-electron chi connectivity index (χ0n) is 16.1. The number of likely N-dealkylation sites (tertiary alicyclic amines) is 1. The molecule has 0 spiro atoms. The number of piperidine rings is 1. The third kappa shape index (κ3) is 3.72. The molecule has 0 radical (unpaired) electrons. The van der Waals surface area contributed by atoms with E-state index >= 15 is 0 Å². The molecule has 2 aromatic carbocycles. The molecule has 148 valence electrons. The first-order chi connectivity index (χ1) is 13.5. The molecule has 1 aromatic heterocycles. The molecule has 2 N–H and O–H groups in total. The number of nitrogens with zero attached hydrogens (tertiary/aromatic N) is 1. The van der Waals surface area contributed by atoms with Crippen molar-refractivity contribution in [2.24, 2.45) is 0 Å². The van der Waals surface area contributed by atoms with Crippen LogP contribution in [0.3, 0.4) is 0 Å². The lowest BCUT2D eigenvalue weighted by Gasteiger charge is -2.30. The van der Waals surface area contributed by atoms with Gasteiger partial charge in [0.25, 0.3) is 0 Å². The predicted molar refractivity (Wildman–Crippen MR) is 111 cm³/mol. The Morgan fingerprint density at radius 1 is 1.11 bits per heavy atom. The summed E-state index contributed by atoms with van der Waals surface area (Å²) in [6.45, 7) is 2.10. The topological polar surface area (TPSA) is 74.4 Å². The zero-order valence-corrected chi connectivity index (χ0v) is 16.9. The Balaban J connectivity index is 1.60. The molecule has 2 heterocycles. The van der Waals surface area contributed by atoms with Gasteiger partial charge in [0.05, 0.1) is 12.0 Å². The van der Waals surface area contributed by atoms with E-state index in [2.05, 4.69) is 22.2 Å². The molecule has 1 saturated heterocycles. The molecule has 1 aliphatic rings. The standard InChI is InChI=1S/C21H25N3O3S/c1-24-10-8-16(9-11-24)22-17-4-3-5-19(14-17)28(25,26)21-13-15-12-18(27-2)6-7-20(15)23-21/h3-7,12-14,16,22-23H,8-11H2,1-2H3. The highest BCUT2D eigenvalue weighted by molar-refractivity contribution is 7.91. The molecule has 6 nitrogen and oxygen atoms in total. The fourth-order valence-corrected chi connectivity index (χ4v) is 4.94. The number of methoxy groups -OCH3 is 1. The van der Waals surface area contributed by atoms with Crippen LogP contribution < -0.4 is 10.1 Å². The van der Waals surface area contributed by atoms with Gasteiger partial charge in [-0.1, -0.05) is 6.07 Å². The molecule has 0 bridgehead atoms. The molecule has 28 heavy (non-hydrogen) atoms. The Kier molecular flexibility index (Phi) is 5.03. The van der Waals surface area contributed by atoms with Crippen LogP contribution in [0.15, 0.2) is 58.5 Å². The summed E-state index contributed by atoms with van der Waals surface area (Å²) >= 11 is 0. The van der Waals surface area contributed by atoms with Crippen molar-refractivity contribution in [2.45, 2.75) is 28.8 Å². The van der Waals surface area contributed by atoms with Gasteiger partial charge in [0.1, 0.15) is 10.8 Å². The van der Waals surface area contributed by atoms with Crippen molar-refractivity contribution in [3.63, 3.8) is 0 Å². The SMILES string of the molecule is COc1ccc2[nH]c(S(=O)(=O)c3cccc(NC4CCN(C)CC4)c3)cc2c1. The molecule has 0 saturated carbocycles. The number of aromatic nitrogens is 1. The van der Waals surface area contributed by atoms with Gasteiger partial charge in [-0.2, -0.15) is 0 Å². The maximum Gasteiger partial charge on any atom is 0.221 e.